The summed E-state index contributed by atoms with van der Waals surface area (Å²) < 4.78 is 1.77. The van der Waals surface area contributed by atoms with E-state index in [0.717, 1.165) is 32.1 Å². The van der Waals surface area contributed by atoms with Crippen molar-refractivity contribution in [1.82, 2.24) is 24.8 Å². The molecule has 2 aromatic carbocycles. The third-order valence-corrected chi connectivity index (χ3v) is 5.04. The fourth-order valence-electron chi connectivity index (χ4n) is 2.69. The number of halogens is 1. The van der Waals surface area contributed by atoms with E-state index in [1.54, 1.807) is 4.52 Å². The van der Waals surface area contributed by atoms with Gasteiger partial charge in [0, 0.05) is 21.5 Å². The van der Waals surface area contributed by atoms with Crippen molar-refractivity contribution >= 4 is 38.8 Å². The van der Waals surface area contributed by atoms with Crippen LogP contribution in [0.5, 0.6) is 0 Å². The number of hydrogen-bond acceptors (Lipinski definition) is 4. The molecule has 3 heterocycles. The fourth-order valence-corrected chi connectivity index (χ4v) is 3.63. The average molecular weight is 352 g/mol. The molecule has 0 aliphatic rings. The van der Waals surface area contributed by atoms with Gasteiger partial charge < -0.3 is 4.98 Å². The van der Waals surface area contributed by atoms with E-state index in [2.05, 4.69) is 38.5 Å². The largest absolute Gasteiger partial charge is 0.353 e. The lowest BCUT2D eigenvalue weighted by Gasteiger charge is -1.96. The molecule has 7 heteroatoms. The lowest BCUT2D eigenvalue weighted by atomic mass is 10.2. The monoisotopic (exact) mass is 351 g/mol. The van der Waals surface area contributed by atoms with E-state index in [1.165, 1.54) is 11.3 Å². The Hall–Kier alpha value is -2.70. The summed E-state index contributed by atoms with van der Waals surface area (Å²) in [5.41, 5.74) is 3.01. The topological polar surface area (TPSA) is 58.9 Å². The SMILES string of the molecule is Clc1ccc(-c2nnc3sc(-c4cc5ccccc5[nH]4)nn23)cc1. The molecule has 5 rings (SSSR count). The number of nitrogens with zero attached hydrogens (tertiary/aromatic N) is 4. The molecule has 0 unspecified atom stereocenters. The molecule has 1 N–H and O–H groups in total. The second kappa shape index (κ2) is 5.15. The third-order valence-electron chi connectivity index (χ3n) is 3.85. The van der Waals surface area contributed by atoms with Gasteiger partial charge in [-0.15, -0.1) is 10.2 Å². The molecule has 5 aromatic rings. The quantitative estimate of drug-likeness (QED) is 0.503. The molecular formula is C17H10ClN5S. The first-order valence-corrected chi connectivity index (χ1v) is 8.54. The van der Waals surface area contributed by atoms with Crippen LogP contribution in [0.25, 0.3) is 38.0 Å². The molecule has 0 saturated heterocycles. The van der Waals surface area contributed by atoms with Crippen molar-refractivity contribution in [3.63, 3.8) is 0 Å². The highest BCUT2D eigenvalue weighted by molar-refractivity contribution is 7.19. The zero-order chi connectivity index (χ0) is 16.1. The lowest BCUT2D eigenvalue weighted by molar-refractivity contribution is 0.968. The third kappa shape index (κ3) is 2.11. The number of rotatable bonds is 2. The van der Waals surface area contributed by atoms with Gasteiger partial charge in [0.2, 0.25) is 4.96 Å². The van der Waals surface area contributed by atoms with Crippen LogP contribution in [0, 0.1) is 0 Å². The van der Waals surface area contributed by atoms with Crippen LogP contribution in [0.1, 0.15) is 0 Å². The van der Waals surface area contributed by atoms with Gasteiger partial charge in [0.15, 0.2) is 10.8 Å². The summed E-state index contributed by atoms with van der Waals surface area (Å²) in [7, 11) is 0. The molecule has 0 bridgehead atoms. The molecular weight excluding hydrogens is 342 g/mol. The van der Waals surface area contributed by atoms with Crippen molar-refractivity contribution in [3.8, 4) is 22.1 Å². The second-order valence-corrected chi connectivity index (χ2v) is 6.79. The normalized spacial score (nSPS) is 11.5. The Morgan fingerprint density at radius 1 is 1.00 bits per heavy atom. The van der Waals surface area contributed by atoms with Crippen LogP contribution >= 0.6 is 22.9 Å². The summed E-state index contributed by atoms with van der Waals surface area (Å²) in [6.07, 6.45) is 0. The first kappa shape index (κ1) is 13.7. The maximum absolute atomic E-state index is 5.95. The molecule has 5 nitrogen and oxygen atoms in total. The van der Waals surface area contributed by atoms with Crippen LogP contribution in [-0.2, 0) is 0 Å². The van der Waals surface area contributed by atoms with E-state index in [0.29, 0.717) is 10.8 Å². The van der Waals surface area contributed by atoms with Gasteiger partial charge in [-0.3, -0.25) is 0 Å². The van der Waals surface area contributed by atoms with Gasteiger partial charge >= 0.3 is 0 Å². The molecule has 0 amide bonds. The number of aromatic nitrogens is 5. The smallest absolute Gasteiger partial charge is 0.235 e. The van der Waals surface area contributed by atoms with Gasteiger partial charge in [-0.25, -0.2) is 0 Å². The molecule has 3 aromatic heterocycles. The number of para-hydroxylation sites is 1. The molecule has 24 heavy (non-hydrogen) atoms. The highest BCUT2D eigenvalue weighted by Gasteiger charge is 2.15. The van der Waals surface area contributed by atoms with Crippen molar-refractivity contribution in [1.29, 1.82) is 0 Å². The molecule has 0 aliphatic carbocycles. The first-order chi connectivity index (χ1) is 11.8. The number of benzene rings is 2. The predicted molar refractivity (Wildman–Crippen MR) is 96.4 cm³/mol. The summed E-state index contributed by atoms with van der Waals surface area (Å²) in [5.74, 6) is 0.709. The van der Waals surface area contributed by atoms with Crippen molar-refractivity contribution in [2.45, 2.75) is 0 Å². The van der Waals surface area contributed by atoms with E-state index in [-0.39, 0.29) is 0 Å². The lowest BCUT2D eigenvalue weighted by Crippen LogP contribution is -1.90. The van der Waals surface area contributed by atoms with Gasteiger partial charge in [0.25, 0.3) is 0 Å². The van der Waals surface area contributed by atoms with Crippen molar-refractivity contribution in [3.05, 3.63) is 59.6 Å². The average Bonchev–Trinajstić information content (AvgIpc) is 3.28. The Morgan fingerprint density at radius 3 is 2.67 bits per heavy atom. The zero-order valence-corrected chi connectivity index (χ0v) is 13.8. The Balaban J connectivity index is 1.65. The standard InChI is InChI=1S/C17H10ClN5S/c18-12-7-5-10(6-8-12)15-20-21-17-23(15)22-16(24-17)14-9-11-3-1-2-4-13(11)19-14/h1-9,19H. The maximum Gasteiger partial charge on any atom is 0.235 e. The molecule has 0 atom stereocenters. The highest BCUT2D eigenvalue weighted by atomic mass is 35.5. The molecule has 0 fully saturated rings. The Morgan fingerprint density at radius 2 is 1.83 bits per heavy atom. The van der Waals surface area contributed by atoms with E-state index in [4.69, 9.17) is 11.6 Å². The Kier molecular flexibility index (Phi) is 2.95. The number of aromatic amines is 1. The van der Waals surface area contributed by atoms with Crippen LogP contribution in [0.2, 0.25) is 5.02 Å². The number of hydrogen-bond donors (Lipinski definition) is 1. The molecule has 0 saturated carbocycles. The van der Waals surface area contributed by atoms with Crippen molar-refractivity contribution < 1.29 is 0 Å². The summed E-state index contributed by atoms with van der Waals surface area (Å²) in [6, 6.07) is 17.8. The summed E-state index contributed by atoms with van der Waals surface area (Å²) in [5, 5.41) is 15.9. The highest BCUT2D eigenvalue weighted by Crippen LogP contribution is 2.30. The van der Waals surface area contributed by atoms with Gasteiger partial charge in [-0.1, -0.05) is 41.1 Å². The number of H-pyrrole nitrogens is 1. The molecule has 0 aliphatic heterocycles. The van der Waals surface area contributed by atoms with Gasteiger partial charge in [0.05, 0.1) is 5.69 Å². The maximum atomic E-state index is 5.95. The first-order valence-electron chi connectivity index (χ1n) is 7.34. The number of fused-ring (bicyclic) bond motifs is 2. The minimum Gasteiger partial charge on any atom is -0.353 e. The minimum atomic E-state index is 0.691. The predicted octanol–water partition coefficient (Wildman–Crippen LogP) is 4.65. The second-order valence-electron chi connectivity index (χ2n) is 5.40. The van der Waals surface area contributed by atoms with E-state index in [1.807, 2.05) is 36.4 Å². The van der Waals surface area contributed by atoms with E-state index < -0.39 is 0 Å². The Bertz CT molecular complexity index is 1140. The van der Waals surface area contributed by atoms with Gasteiger partial charge in [0.1, 0.15) is 0 Å². The van der Waals surface area contributed by atoms with Crippen LogP contribution in [-0.4, -0.2) is 24.8 Å². The van der Waals surface area contributed by atoms with Crippen LogP contribution in [0.15, 0.2) is 54.6 Å². The van der Waals surface area contributed by atoms with Crippen LogP contribution < -0.4 is 0 Å². The van der Waals surface area contributed by atoms with Crippen molar-refractivity contribution in [2.24, 2.45) is 0 Å². The van der Waals surface area contributed by atoms with Gasteiger partial charge in [-0.05, 0) is 36.4 Å². The van der Waals surface area contributed by atoms with Crippen LogP contribution in [0.4, 0.5) is 0 Å². The molecule has 0 spiro atoms. The fraction of sp³-hybridized carbons (Fsp3) is 0. The van der Waals surface area contributed by atoms with Crippen molar-refractivity contribution in [2.75, 3.05) is 0 Å². The number of nitrogens with one attached hydrogen (secondary N) is 1. The molecule has 0 radical (unpaired) electrons. The summed E-state index contributed by atoms with van der Waals surface area (Å²) >= 11 is 7.46. The van der Waals surface area contributed by atoms with Crippen LogP contribution in [0.3, 0.4) is 0 Å². The Labute approximate surface area is 145 Å². The minimum absolute atomic E-state index is 0.691. The zero-order valence-electron chi connectivity index (χ0n) is 12.3. The summed E-state index contributed by atoms with van der Waals surface area (Å²) in [6.45, 7) is 0. The molecule has 116 valence electrons. The van der Waals surface area contributed by atoms with E-state index in [9.17, 15) is 0 Å². The van der Waals surface area contributed by atoms with Gasteiger partial charge in [-0.2, -0.15) is 9.61 Å². The summed E-state index contributed by atoms with van der Waals surface area (Å²) in [4.78, 5) is 4.16. The van der Waals surface area contributed by atoms with E-state index >= 15 is 0 Å².